The quantitative estimate of drug-likeness (QED) is 0.335. The molecule has 3 heterocycles. The van der Waals surface area contributed by atoms with Crippen molar-refractivity contribution in [3.63, 3.8) is 0 Å². The van der Waals surface area contributed by atoms with Crippen LogP contribution in [0.3, 0.4) is 0 Å². The highest BCUT2D eigenvalue weighted by Crippen LogP contribution is 2.26. The number of benzene rings is 2. The Bertz CT molecular complexity index is 1320. The van der Waals surface area contributed by atoms with Gasteiger partial charge >= 0.3 is 0 Å². The van der Waals surface area contributed by atoms with Gasteiger partial charge in [-0.2, -0.15) is 9.59 Å². The summed E-state index contributed by atoms with van der Waals surface area (Å²) in [5, 5.41) is 14.0. The van der Waals surface area contributed by atoms with Crippen LogP contribution in [0.4, 0.5) is 0 Å². The Morgan fingerprint density at radius 1 is 1.03 bits per heavy atom. The van der Waals surface area contributed by atoms with E-state index in [0.29, 0.717) is 12.4 Å². The van der Waals surface area contributed by atoms with Gasteiger partial charge in [0, 0.05) is 12.0 Å². The van der Waals surface area contributed by atoms with E-state index in [2.05, 4.69) is 48.6 Å². The average Bonchev–Trinajstić information content (AvgIpc) is 3.58. The second kappa shape index (κ2) is 9.50. The van der Waals surface area contributed by atoms with E-state index in [0.717, 1.165) is 64.5 Å². The van der Waals surface area contributed by atoms with E-state index < -0.39 is 0 Å². The lowest BCUT2D eigenvalue weighted by molar-refractivity contribution is 0.306. The second-order valence-electron chi connectivity index (χ2n) is 8.00. The molecule has 33 heavy (non-hydrogen) atoms. The molecule has 0 amide bonds. The molecule has 168 valence electrons. The summed E-state index contributed by atoms with van der Waals surface area (Å²) in [7, 11) is 0. The van der Waals surface area contributed by atoms with Crippen LogP contribution in [0.1, 0.15) is 42.4 Å². The zero-order valence-electron chi connectivity index (χ0n) is 18.7. The van der Waals surface area contributed by atoms with E-state index in [1.165, 1.54) is 17.1 Å². The Labute approximate surface area is 195 Å². The standard InChI is InChI=1S/C24H25N7OS/c1-3-4-5-21-25-22-16(2)28-33-24(22)31(21)14-17-8-12-20(13-9-17)32-15-18-6-10-19(11-7-18)23-26-29-30-27-23/h6-13H,3-5,14-15H2,1-2H3,(H,26,27,29,30). The van der Waals surface area contributed by atoms with Gasteiger partial charge in [-0.3, -0.25) is 0 Å². The third-order valence-electron chi connectivity index (χ3n) is 5.59. The smallest absolute Gasteiger partial charge is 0.204 e. The summed E-state index contributed by atoms with van der Waals surface area (Å²) in [6.07, 6.45) is 3.28. The number of hydrogen-bond acceptors (Lipinski definition) is 7. The van der Waals surface area contributed by atoms with Crippen LogP contribution in [0, 0.1) is 6.92 Å². The van der Waals surface area contributed by atoms with Crippen molar-refractivity contribution >= 4 is 21.9 Å². The number of H-pyrrole nitrogens is 1. The predicted octanol–water partition coefficient (Wildman–Crippen LogP) is 4.95. The summed E-state index contributed by atoms with van der Waals surface area (Å²) < 4.78 is 12.8. The monoisotopic (exact) mass is 459 g/mol. The largest absolute Gasteiger partial charge is 0.489 e. The first-order valence-corrected chi connectivity index (χ1v) is 11.8. The Morgan fingerprint density at radius 3 is 2.55 bits per heavy atom. The van der Waals surface area contributed by atoms with Gasteiger partial charge in [0.05, 0.1) is 12.2 Å². The molecule has 9 heteroatoms. The van der Waals surface area contributed by atoms with Gasteiger partial charge in [0.25, 0.3) is 0 Å². The van der Waals surface area contributed by atoms with Gasteiger partial charge in [-0.05, 0) is 53.4 Å². The molecule has 0 aliphatic rings. The maximum atomic E-state index is 5.99. The van der Waals surface area contributed by atoms with Crippen molar-refractivity contribution in [3.05, 3.63) is 71.2 Å². The predicted molar refractivity (Wildman–Crippen MR) is 128 cm³/mol. The number of imidazole rings is 1. The molecule has 5 aromatic rings. The molecule has 3 aromatic heterocycles. The van der Waals surface area contributed by atoms with E-state index in [4.69, 9.17) is 9.72 Å². The van der Waals surface area contributed by atoms with Crippen molar-refractivity contribution in [1.82, 2.24) is 34.5 Å². The van der Waals surface area contributed by atoms with Crippen LogP contribution in [0.25, 0.3) is 21.7 Å². The van der Waals surface area contributed by atoms with Crippen LogP contribution < -0.4 is 4.74 Å². The molecule has 0 saturated carbocycles. The van der Waals surface area contributed by atoms with Crippen molar-refractivity contribution in [2.24, 2.45) is 0 Å². The minimum Gasteiger partial charge on any atom is -0.489 e. The number of nitrogens with one attached hydrogen (secondary N) is 1. The van der Waals surface area contributed by atoms with Gasteiger partial charge in [0.2, 0.25) is 5.82 Å². The first-order valence-electron chi connectivity index (χ1n) is 11.1. The fraction of sp³-hybridized carbons (Fsp3) is 0.292. The number of ether oxygens (including phenoxy) is 1. The molecule has 0 bridgehead atoms. The molecule has 0 unspecified atom stereocenters. The highest BCUT2D eigenvalue weighted by molar-refractivity contribution is 7.13. The number of aromatic nitrogens is 7. The minimum absolute atomic E-state index is 0.495. The van der Waals surface area contributed by atoms with Crippen LogP contribution in [0.2, 0.25) is 0 Å². The number of hydrogen-bond donors (Lipinski definition) is 1. The molecular weight excluding hydrogens is 434 g/mol. The molecule has 2 aromatic carbocycles. The molecule has 0 fully saturated rings. The van der Waals surface area contributed by atoms with E-state index in [9.17, 15) is 0 Å². The summed E-state index contributed by atoms with van der Waals surface area (Å²) in [5.74, 6) is 2.57. The summed E-state index contributed by atoms with van der Waals surface area (Å²) in [5.41, 5.74) is 5.26. The minimum atomic E-state index is 0.495. The molecule has 5 rings (SSSR count). The SMILES string of the molecule is CCCCc1nc2c(C)nsc2n1Cc1ccc(OCc2ccc(-c3nn[nH]n3)cc2)cc1. The summed E-state index contributed by atoms with van der Waals surface area (Å²) in [6.45, 7) is 5.53. The van der Waals surface area contributed by atoms with E-state index in [1.54, 1.807) is 0 Å². The Kier molecular flexibility index (Phi) is 6.12. The molecule has 0 radical (unpaired) electrons. The number of unbranched alkanes of at least 4 members (excludes halogenated alkanes) is 1. The zero-order valence-corrected chi connectivity index (χ0v) is 19.5. The van der Waals surface area contributed by atoms with Crippen molar-refractivity contribution in [3.8, 4) is 17.1 Å². The maximum Gasteiger partial charge on any atom is 0.204 e. The second-order valence-corrected chi connectivity index (χ2v) is 8.76. The first kappa shape index (κ1) is 21.3. The van der Waals surface area contributed by atoms with Gasteiger partial charge in [0.1, 0.15) is 28.5 Å². The number of tetrazole rings is 1. The van der Waals surface area contributed by atoms with Crippen molar-refractivity contribution in [1.29, 1.82) is 0 Å². The first-order chi connectivity index (χ1) is 16.2. The van der Waals surface area contributed by atoms with Crippen molar-refractivity contribution < 1.29 is 4.74 Å². The van der Waals surface area contributed by atoms with E-state index >= 15 is 0 Å². The Morgan fingerprint density at radius 2 is 1.82 bits per heavy atom. The molecule has 1 N–H and O–H groups in total. The lowest BCUT2D eigenvalue weighted by Gasteiger charge is -2.10. The Balaban J connectivity index is 1.25. The van der Waals surface area contributed by atoms with Gasteiger partial charge in [-0.1, -0.05) is 49.7 Å². The summed E-state index contributed by atoms with van der Waals surface area (Å²) in [6, 6.07) is 16.3. The topological polar surface area (TPSA) is 94.4 Å². The molecule has 0 spiro atoms. The van der Waals surface area contributed by atoms with Crippen LogP contribution in [-0.4, -0.2) is 34.5 Å². The molecule has 0 atom stereocenters. The number of aromatic amines is 1. The van der Waals surface area contributed by atoms with Crippen LogP contribution in [0.15, 0.2) is 48.5 Å². The molecule has 8 nitrogen and oxygen atoms in total. The van der Waals surface area contributed by atoms with Gasteiger partial charge in [0.15, 0.2) is 0 Å². The third kappa shape index (κ3) is 4.63. The normalized spacial score (nSPS) is 11.3. The lowest BCUT2D eigenvalue weighted by Crippen LogP contribution is -2.05. The van der Waals surface area contributed by atoms with Crippen LogP contribution in [0.5, 0.6) is 5.75 Å². The van der Waals surface area contributed by atoms with E-state index in [-0.39, 0.29) is 0 Å². The fourth-order valence-electron chi connectivity index (χ4n) is 3.73. The number of aryl methyl sites for hydroxylation is 2. The Hall–Kier alpha value is -3.59. The molecule has 0 saturated heterocycles. The lowest BCUT2D eigenvalue weighted by atomic mass is 10.1. The summed E-state index contributed by atoms with van der Waals surface area (Å²) >= 11 is 1.54. The van der Waals surface area contributed by atoms with Crippen LogP contribution in [-0.2, 0) is 19.6 Å². The third-order valence-corrected chi connectivity index (χ3v) is 6.54. The maximum absolute atomic E-state index is 5.99. The molecular formula is C24H25N7OS. The van der Waals surface area contributed by atoms with Crippen molar-refractivity contribution in [2.75, 3.05) is 0 Å². The molecule has 0 aliphatic heterocycles. The average molecular weight is 460 g/mol. The molecule has 0 aliphatic carbocycles. The van der Waals surface area contributed by atoms with Gasteiger partial charge in [-0.15, -0.1) is 10.2 Å². The van der Waals surface area contributed by atoms with Crippen molar-refractivity contribution in [2.45, 2.75) is 46.3 Å². The van der Waals surface area contributed by atoms with E-state index in [1.807, 2.05) is 43.3 Å². The van der Waals surface area contributed by atoms with Crippen LogP contribution >= 0.6 is 11.5 Å². The number of fused-ring (bicyclic) bond motifs is 1. The van der Waals surface area contributed by atoms with Gasteiger partial charge < -0.3 is 9.30 Å². The number of rotatable bonds is 9. The van der Waals surface area contributed by atoms with Gasteiger partial charge in [-0.25, -0.2) is 4.98 Å². The zero-order chi connectivity index (χ0) is 22.6. The number of nitrogens with zero attached hydrogens (tertiary/aromatic N) is 6. The fourth-order valence-corrected chi connectivity index (χ4v) is 4.59. The highest BCUT2D eigenvalue weighted by Gasteiger charge is 2.15. The summed E-state index contributed by atoms with van der Waals surface area (Å²) in [4.78, 5) is 6.04. The highest BCUT2D eigenvalue weighted by atomic mass is 32.1.